The molecule has 92 valence electrons. The van der Waals surface area contributed by atoms with Crippen molar-refractivity contribution in [3.63, 3.8) is 0 Å². The predicted octanol–water partition coefficient (Wildman–Crippen LogP) is 1.66. The minimum atomic E-state index is 0.356. The zero-order valence-electron chi connectivity index (χ0n) is 10.1. The Hall–Kier alpha value is -2.37. The molecule has 0 fully saturated rings. The molecule has 6 nitrogen and oxygen atoms in total. The predicted molar refractivity (Wildman–Crippen MR) is 63.8 cm³/mol. The number of hydrogen-bond donors (Lipinski definition) is 0. The molecule has 0 unspecified atom stereocenters. The van der Waals surface area contributed by atoms with Crippen LogP contribution in [0, 0.1) is 13.8 Å². The molecule has 6 heteroatoms. The summed E-state index contributed by atoms with van der Waals surface area (Å²) < 4.78 is 5.08. The number of aryl methyl sites for hydroxylation is 2. The van der Waals surface area contributed by atoms with Crippen molar-refractivity contribution in [2.75, 3.05) is 0 Å². The first-order chi connectivity index (χ1) is 8.75. The standard InChI is InChI=1S/C12H12N4O2/c1-8-10(9(2)18-14-8)7-17-16-12-6-4-3-5-11(12)13-15-16/h3-6H,7H2,1-2H3. The van der Waals surface area contributed by atoms with Gasteiger partial charge in [-0.3, -0.25) is 0 Å². The molecule has 3 aromatic rings. The maximum Gasteiger partial charge on any atom is 0.147 e. The van der Waals surface area contributed by atoms with Gasteiger partial charge in [-0.15, -0.1) is 5.10 Å². The monoisotopic (exact) mass is 244 g/mol. The smallest absolute Gasteiger partial charge is 0.147 e. The molecule has 0 N–H and O–H groups in total. The lowest BCUT2D eigenvalue weighted by atomic mass is 10.2. The van der Waals surface area contributed by atoms with E-state index in [2.05, 4.69) is 15.5 Å². The first kappa shape index (κ1) is 10.8. The summed E-state index contributed by atoms with van der Waals surface area (Å²) in [6, 6.07) is 7.62. The number of fused-ring (bicyclic) bond motifs is 1. The number of nitrogens with zero attached hydrogens (tertiary/aromatic N) is 4. The van der Waals surface area contributed by atoms with E-state index < -0.39 is 0 Å². The second-order valence-electron chi connectivity index (χ2n) is 4.03. The Morgan fingerprint density at radius 2 is 2.11 bits per heavy atom. The first-order valence-corrected chi connectivity index (χ1v) is 5.61. The SMILES string of the molecule is Cc1noc(C)c1COn1nnc2ccccc21. The highest BCUT2D eigenvalue weighted by atomic mass is 16.7. The molecule has 0 atom stereocenters. The van der Waals surface area contributed by atoms with Gasteiger partial charge >= 0.3 is 0 Å². The maximum atomic E-state index is 5.61. The Labute approximate surface area is 103 Å². The van der Waals surface area contributed by atoms with E-state index in [1.54, 1.807) is 0 Å². The maximum absolute atomic E-state index is 5.61. The molecule has 2 heterocycles. The number of rotatable bonds is 3. The van der Waals surface area contributed by atoms with Crippen molar-refractivity contribution in [1.29, 1.82) is 0 Å². The van der Waals surface area contributed by atoms with Crippen LogP contribution < -0.4 is 4.84 Å². The van der Waals surface area contributed by atoms with E-state index in [0.717, 1.165) is 28.1 Å². The summed E-state index contributed by atoms with van der Waals surface area (Å²) in [5.41, 5.74) is 3.41. The molecule has 3 rings (SSSR count). The molecule has 0 amide bonds. The van der Waals surface area contributed by atoms with E-state index in [0.29, 0.717) is 6.61 Å². The summed E-state index contributed by atoms with van der Waals surface area (Å²) in [4.78, 5) is 7.03. The average Bonchev–Trinajstić information content (AvgIpc) is 2.93. The van der Waals surface area contributed by atoms with Gasteiger partial charge in [0, 0.05) is 0 Å². The molecule has 0 saturated heterocycles. The minimum Gasteiger partial charge on any atom is -0.390 e. The summed E-state index contributed by atoms with van der Waals surface area (Å²) in [5.74, 6) is 0.761. The second kappa shape index (κ2) is 4.14. The highest BCUT2D eigenvalue weighted by molar-refractivity contribution is 5.73. The summed E-state index contributed by atoms with van der Waals surface area (Å²) in [6.07, 6.45) is 0. The van der Waals surface area contributed by atoms with E-state index in [-0.39, 0.29) is 0 Å². The van der Waals surface area contributed by atoms with Gasteiger partial charge in [0.15, 0.2) is 0 Å². The minimum absolute atomic E-state index is 0.356. The average molecular weight is 244 g/mol. The van der Waals surface area contributed by atoms with Gasteiger partial charge in [-0.2, -0.15) is 0 Å². The molecular formula is C12H12N4O2. The van der Waals surface area contributed by atoms with Crippen molar-refractivity contribution in [1.82, 2.24) is 20.3 Å². The Morgan fingerprint density at radius 1 is 1.28 bits per heavy atom. The fraction of sp³-hybridized carbons (Fsp3) is 0.250. The van der Waals surface area contributed by atoms with Gasteiger partial charge in [0.05, 0.1) is 11.3 Å². The zero-order valence-corrected chi connectivity index (χ0v) is 10.1. The lowest BCUT2D eigenvalue weighted by Crippen LogP contribution is -2.13. The third kappa shape index (κ3) is 1.71. The molecule has 0 saturated carbocycles. The van der Waals surface area contributed by atoms with Gasteiger partial charge in [0.25, 0.3) is 0 Å². The van der Waals surface area contributed by atoms with Crippen LogP contribution in [0.1, 0.15) is 17.0 Å². The van der Waals surface area contributed by atoms with Crippen LogP contribution in [0.5, 0.6) is 0 Å². The van der Waals surface area contributed by atoms with Gasteiger partial charge in [0.1, 0.15) is 23.4 Å². The van der Waals surface area contributed by atoms with E-state index in [4.69, 9.17) is 9.36 Å². The molecule has 0 bridgehead atoms. The normalized spacial score (nSPS) is 11.0. The lowest BCUT2D eigenvalue weighted by Gasteiger charge is -2.04. The molecule has 0 aliphatic heterocycles. The second-order valence-corrected chi connectivity index (χ2v) is 4.03. The summed E-state index contributed by atoms with van der Waals surface area (Å²) >= 11 is 0. The Bertz CT molecular complexity index is 667. The van der Waals surface area contributed by atoms with Crippen molar-refractivity contribution >= 4 is 11.0 Å². The third-order valence-corrected chi connectivity index (χ3v) is 2.83. The lowest BCUT2D eigenvalue weighted by molar-refractivity contribution is 0.0742. The van der Waals surface area contributed by atoms with Crippen molar-refractivity contribution in [3.8, 4) is 0 Å². The van der Waals surface area contributed by atoms with Crippen LogP contribution in [0.25, 0.3) is 11.0 Å². The molecule has 18 heavy (non-hydrogen) atoms. The van der Waals surface area contributed by atoms with Crippen molar-refractivity contribution < 1.29 is 9.36 Å². The van der Waals surface area contributed by atoms with Gasteiger partial charge in [-0.25, -0.2) is 0 Å². The number of para-hydroxylation sites is 1. The summed E-state index contributed by atoms with van der Waals surface area (Å²) in [7, 11) is 0. The van der Waals surface area contributed by atoms with Crippen molar-refractivity contribution in [2.24, 2.45) is 0 Å². The molecule has 1 aromatic carbocycles. The van der Waals surface area contributed by atoms with Gasteiger partial charge in [0.2, 0.25) is 0 Å². The highest BCUT2D eigenvalue weighted by Gasteiger charge is 2.11. The van der Waals surface area contributed by atoms with Crippen molar-refractivity contribution in [3.05, 3.63) is 41.3 Å². The van der Waals surface area contributed by atoms with Crippen LogP contribution in [0.3, 0.4) is 0 Å². The van der Waals surface area contributed by atoms with E-state index in [9.17, 15) is 0 Å². The van der Waals surface area contributed by atoms with Crippen LogP contribution in [-0.2, 0) is 6.61 Å². The summed E-state index contributed by atoms with van der Waals surface area (Å²) in [6.45, 7) is 4.10. The molecule has 0 radical (unpaired) electrons. The van der Waals surface area contributed by atoms with Crippen LogP contribution in [0.4, 0.5) is 0 Å². The van der Waals surface area contributed by atoms with Crippen LogP contribution >= 0.6 is 0 Å². The fourth-order valence-corrected chi connectivity index (χ4v) is 1.78. The van der Waals surface area contributed by atoms with Crippen LogP contribution in [-0.4, -0.2) is 20.3 Å². The number of aromatic nitrogens is 4. The summed E-state index contributed by atoms with van der Waals surface area (Å²) in [5, 5.41) is 11.8. The topological polar surface area (TPSA) is 66.0 Å². The molecule has 0 aliphatic rings. The van der Waals surface area contributed by atoms with Crippen molar-refractivity contribution in [2.45, 2.75) is 20.5 Å². The molecular weight excluding hydrogens is 232 g/mol. The van der Waals surface area contributed by atoms with E-state index in [1.807, 2.05) is 38.1 Å². The zero-order chi connectivity index (χ0) is 12.5. The fourth-order valence-electron chi connectivity index (χ4n) is 1.78. The van der Waals surface area contributed by atoms with Gasteiger partial charge in [-0.05, 0) is 31.2 Å². The van der Waals surface area contributed by atoms with Crippen LogP contribution in [0.15, 0.2) is 28.8 Å². The Morgan fingerprint density at radius 3 is 2.89 bits per heavy atom. The van der Waals surface area contributed by atoms with E-state index in [1.165, 1.54) is 4.85 Å². The third-order valence-electron chi connectivity index (χ3n) is 2.83. The van der Waals surface area contributed by atoms with Crippen LogP contribution in [0.2, 0.25) is 0 Å². The van der Waals surface area contributed by atoms with Gasteiger partial charge < -0.3 is 9.36 Å². The van der Waals surface area contributed by atoms with Gasteiger partial charge in [-0.1, -0.05) is 22.1 Å². The van der Waals surface area contributed by atoms with E-state index >= 15 is 0 Å². The number of benzene rings is 1. The molecule has 2 aromatic heterocycles. The Balaban J connectivity index is 1.85. The Kier molecular flexibility index (Phi) is 2.47. The molecule has 0 aliphatic carbocycles. The first-order valence-electron chi connectivity index (χ1n) is 5.61. The quantitative estimate of drug-likeness (QED) is 0.701. The largest absolute Gasteiger partial charge is 0.390 e. The highest BCUT2D eigenvalue weighted by Crippen LogP contribution is 2.13. The molecule has 0 spiro atoms. The number of hydrogen-bond acceptors (Lipinski definition) is 5.